The SMILES string of the molecule is COCCNCC1CNc2ccccc2C1. The van der Waals surface area contributed by atoms with Crippen molar-refractivity contribution in [1.29, 1.82) is 0 Å². The Labute approximate surface area is 97.2 Å². The molecule has 0 radical (unpaired) electrons. The van der Waals surface area contributed by atoms with E-state index >= 15 is 0 Å². The van der Waals surface area contributed by atoms with Gasteiger partial charge in [0, 0.05) is 32.4 Å². The molecule has 0 spiro atoms. The van der Waals surface area contributed by atoms with Gasteiger partial charge in [0.05, 0.1) is 6.61 Å². The van der Waals surface area contributed by atoms with Crippen LogP contribution in [0.25, 0.3) is 0 Å². The van der Waals surface area contributed by atoms with Crippen molar-refractivity contribution in [2.45, 2.75) is 6.42 Å². The van der Waals surface area contributed by atoms with Crippen LogP contribution in [0.1, 0.15) is 5.56 Å². The van der Waals surface area contributed by atoms with E-state index in [9.17, 15) is 0 Å². The topological polar surface area (TPSA) is 33.3 Å². The molecule has 1 aliphatic heterocycles. The molecule has 1 aromatic carbocycles. The van der Waals surface area contributed by atoms with Crippen molar-refractivity contribution in [3.8, 4) is 0 Å². The van der Waals surface area contributed by atoms with E-state index in [2.05, 4.69) is 34.9 Å². The van der Waals surface area contributed by atoms with Gasteiger partial charge in [0.15, 0.2) is 0 Å². The molecule has 3 heteroatoms. The van der Waals surface area contributed by atoms with Crippen molar-refractivity contribution in [1.82, 2.24) is 5.32 Å². The normalized spacial score (nSPS) is 18.9. The minimum Gasteiger partial charge on any atom is -0.384 e. The van der Waals surface area contributed by atoms with Gasteiger partial charge in [-0.2, -0.15) is 0 Å². The molecule has 88 valence electrons. The molecule has 0 saturated carbocycles. The second kappa shape index (κ2) is 5.87. The average Bonchev–Trinajstić information content (AvgIpc) is 2.34. The minimum absolute atomic E-state index is 0.687. The summed E-state index contributed by atoms with van der Waals surface area (Å²) in [6, 6.07) is 8.57. The molecule has 0 amide bonds. The largest absolute Gasteiger partial charge is 0.384 e. The summed E-state index contributed by atoms with van der Waals surface area (Å²) in [5, 5.41) is 6.90. The first-order valence-electron chi connectivity index (χ1n) is 5.91. The van der Waals surface area contributed by atoms with Crippen molar-refractivity contribution in [2.75, 3.05) is 38.7 Å². The van der Waals surface area contributed by atoms with E-state index in [1.165, 1.54) is 17.7 Å². The Morgan fingerprint density at radius 1 is 1.44 bits per heavy atom. The highest BCUT2D eigenvalue weighted by Gasteiger charge is 2.16. The Morgan fingerprint density at radius 3 is 3.19 bits per heavy atom. The molecule has 16 heavy (non-hydrogen) atoms. The van der Waals surface area contributed by atoms with Gasteiger partial charge in [-0.05, 0) is 24.0 Å². The van der Waals surface area contributed by atoms with Crippen LogP contribution in [0.2, 0.25) is 0 Å². The third-order valence-corrected chi connectivity index (χ3v) is 3.02. The van der Waals surface area contributed by atoms with Crippen LogP contribution in [0.3, 0.4) is 0 Å². The molecular formula is C13H20N2O. The van der Waals surface area contributed by atoms with Crippen LogP contribution in [0, 0.1) is 5.92 Å². The van der Waals surface area contributed by atoms with E-state index < -0.39 is 0 Å². The Hall–Kier alpha value is -1.06. The molecule has 3 nitrogen and oxygen atoms in total. The first-order valence-corrected chi connectivity index (χ1v) is 5.91. The highest BCUT2D eigenvalue weighted by atomic mass is 16.5. The summed E-state index contributed by atoms with van der Waals surface area (Å²) in [6.07, 6.45) is 1.17. The van der Waals surface area contributed by atoms with Gasteiger partial charge in [0.2, 0.25) is 0 Å². The van der Waals surface area contributed by atoms with Crippen molar-refractivity contribution >= 4 is 5.69 Å². The summed E-state index contributed by atoms with van der Waals surface area (Å²) in [5.41, 5.74) is 2.74. The number of benzene rings is 1. The van der Waals surface area contributed by atoms with E-state index in [1.54, 1.807) is 7.11 Å². The van der Waals surface area contributed by atoms with Gasteiger partial charge in [-0.3, -0.25) is 0 Å². The quantitative estimate of drug-likeness (QED) is 0.738. The molecule has 2 N–H and O–H groups in total. The van der Waals surface area contributed by atoms with Gasteiger partial charge < -0.3 is 15.4 Å². The summed E-state index contributed by atoms with van der Waals surface area (Å²) in [6.45, 7) is 3.85. The number of para-hydroxylation sites is 1. The number of methoxy groups -OCH3 is 1. The van der Waals surface area contributed by atoms with Crippen LogP contribution in [0.5, 0.6) is 0 Å². The Bertz CT molecular complexity index is 327. The molecule has 0 aliphatic carbocycles. The van der Waals surface area contributed by atoms with Gasteiger partial charge in [0.25, 0.3) is 0 Å². The third-order valence-electron chi connectivity index (χ3n) is 3.02. The van der Waals surface area contributed by atoms with E-state index in [-0.39, 0.29) is 0 Å². The van der Waals surface area contributed by atoms with Crippen molar-refractivity contribution in [2.24, 2.45) is 5.92 Å². The zero-order chi connectivity index (χ0) is 11.2. The van der Waals surface area contributed by atoms with E-state index in [4.69, 9.17) is 4.74 Å². The Balaban J connectivity index is 1.79. The number of hydrogen-bond donors (Lipinski definition) is 2. The zero-order valence-corrected chi connectivity index (χ0v) is 9.83. The van der Waals surface area contributed by atoms with Gasteiger partial charge in [-0.1, -0.05) is 18.2 Å². The number of rotatable bonds is 5. The van der Waals surface area contributed by atoms with Gasteiger partial charge in [0.1, 0.15) is 0 Å². The smallest absolute Gasteiger partial charge is 0.0587 e. The molecular weight excluding hydrogens is 200 g/mol. The lowest BCUT2D eigenvalue weighted by atomic mass is 9.94. The summed E-state index contributed by atoms with van der Waals surface area (Å²) >= 11 is 0. The van der Waals surface area contributed by atoms with E-state index in [0.717, 1.165) is 26.2 Å². The summed E-state index contributed by atoms with van der Waals surface area (Å²) in [5.74, 6) is 0.687. The fourth-order valence-corrected chi connectivity index (χ4v) is 2.13. The molecule has 0 bridgehead atoms. The molecule has 1 atom stereocenters. The predicted octanol–water partition coefficient (Wildman–Crippen LogP) is 1.51. The highest BCUT2D eigenvalue weighted by molar-refractivity contribution is 5.53. The minimum atomic E-state index is 0.687. The Kier molecular flexibility index (Phi) is 4.19. The maximum absolute atomic E-state index is 5.01. The van der Waals surface area contributed by atoms with Gasteiger partial charge >= 0.3 is 0 Å². The molecule has 0 aromatic heterocycles. The first-order chi connectivity index (χ1) is 7.90. The van der Waals surface area contributed by atoms with Gasteiger partial charge in [-0.15, -0.1) is 0 Å². The van der Waals surface area contributed by atoms with Crippen LogP contribution in [-0.2, 0) is 11.2 Å². The lowest BCUT2D eigenvalue weighted by Gasteiger charge is -2.26. The lowest BCUT2D eigenvalue weighted by molar-refractivity contribution is 0.198. The molecule has 0 fully saturated rings. The second-order valence-electron chi connectivity index (χ2n) is 4.31. The Morgan fingerprint density at radius 2 is 2.31 bits per heavy atom. The standard InChI is InChI=1S/C13H20N2O/c1-16-7-6-14-9-11-8-12-4-2-3-5-13(12)15-10-11/h2-5,11,14-15H,6-10H2,1H3. The number of hydrogen-bond acceptors (Lipinski definition) is 3. The second-order valence-corrected chi connectivity index (χ2v) is 4.31. The van der Waals surface area contributed by atoms with Crippen LogP contribution < -0.4 is 10.6 Å². The molecule has 1 aliphatic rings. The van der Waals surface area contributed by atoms with Crippen LogP contribution in [0.4, 0.5) is 5.69 Å². The van der Waals surface area contributed by atoms with Crippen LogP contribution in [-0.4, -0.2) is 33.4 Å². The van der Waals surface area contributed by atoms with E-state index in [0.29, 0.717) is 5.92 Å². The number of nitrogens with one attached hydrogen (secondary N) is 2. The molecule has 2 rings (SSSR count). The van der Waals surface area contributed by atoms with Crippen molar-refractivity contribution in [3.05, 3.63) is 29.8 Å². The predicted molar refractivity (Wildman–Crippen MR) is 66.9 cm³/mol. The summed E-state index contributed by atoms with van der Waals surface area (Å²) in [4.78, 5) is 0. The van der Waals surface area contributed by atoms with Crippen molar-refractivity contribution in [3.63, 3.8) is 0 Å². The fraction of sp³-hybridized carbons (Fsp3) is 0.538. The van der Waals surface area contributed by atoms with Gasteiger partial charge in [-0.25, -0.2) is 0 Å². The number of anilines is 1. The molecule has 0 saturated heterocycles. The molecule has 1 heterocycles. The monoisotopic (exact) mass is 220 g/mol. The first kappa shape index (κ1) is 11.4. The summed E-state index contributed by atoms with van der Waals surface area (Å²) < 4.78 is 5.01. The van der Waals surface area contributed by atoms with Crippen molar-refractivity contribution < 1.29 is 4.74 Å². The average molecular weight is 220 g/mol. The maximum atomic E-state index is 5.01. The van der Waals surface area contributed by atoms with Crippen LogP contribution in [0.15, 0.2) is 24.3 Å². The number of ether oxygens (including phenoxy) is 1. The highest BCUT2D eigenvalue weighted by Crippen LogP contribution is 2.23. The molecule has 1 unspecified atom stereocenters. The lowest BCUT2D eigenvalue weighted by Crippen LogP contribution is -2.33. The summed E-state index contributed by atoms with van der Waals surface area (Å²) in [7, 11) is 1.74. The zero-order valence-electron chi connectivity index (χ0n) is 9.83. The number of fused-ring (bicyclic) bond motifs is 1. The maximum Gasteiger partial charge on any atom is 0.0587 e. The van der Waals surface area contributed by atoms with Crippen LogP contribution >= 0.6 is 0 Å². The molecule has 1 aromatic rings. The van der Waals surface area contributed by atoms with E-state index in [1.807, 2.05) is 0 Å². The fourth-order valence-electron chi connectivity index (χ4n) is 2.13. The third kappa shape index (κ3) is 2.97.